The molecule has 0 saturated heterocycles. The maximum Gasteiger partial charge on any atom is 0.331 e. The summed E-state index contributed by atoms with van der Waals surface area (Å²) in [6.07, 6.45) is 4.86. The third-order valence-corrected chi connectivity index (χ3v) is 3.80. The van der Waals surface area contributed by atoms with E-state index < -0.39 is 10.9 Å². The van der Waals surface area contributed by atoms with Gasteiger partial charge in [-0.1, -0.05) is 12.1 Å². The number of carbonyl (C=O) groups excluding carboxylic acids is 1. The van der Waals surface area contributed by atoms with Gasteiger partial charge in [-0.05, 0) is 47.7 Å². The molecule has 0 saturated carbocycles. The van der Waals surface area contributed by atoms with E-state index in [-0.39, 0.29) is 12.3 Å². The molecule has 0 N–H and O–H groups in total. The summed E-state index contributed by atoms with van der Waals surface area (Å²) in [6.45, 7) is 0.206. The zero-order valence-corrected chi connectivity index (χ0v) is 13.3. The number of thioether (sulfide) groups is 1. The predicted molar refractivity (Wildman–Crippen MR) is 90.1 cm³/mol. The minimum atomic E-state index is -0.468. The number of nitro groups is 1. The molecule has 118 valence electrons. The number of rotatable bonds is 6. The van der Waals surface area contributed by atoms with Crippen LogP contribution in [-0.2, 0) is 16.1 Å². The van der Waals surface area contributed by atoms with Gasteiger partial charge in [-0.2, -0.15) is 0 Å². The van der Waals surface area contributed by atoms with Crippen LogP contribution in [0.1, 0.15) is 11.1 Å². The Kier molecular flexibility index (Phi) is 5.94. The Hall–Kier alpha value is -2.60. The SMILES string of the molecule is CSc1ccc(COC(=O)/C=C/c2ccc([N+](=O)[O-])cc2)cc1. The number of esters is 1. The van der Waals surface area contributed by atoms with Gasteiger partial charge in [-0.15, -0.1) is 11.8 Å². The van der Waals surface area contributed by atoms with E-state index in [4.69, 9.17) is 4.74 Å². The number of nitrogens with zero attached hydrogens (tertiary/aromatic N) is 1. The van der Waals surface area contributed by atoms with Crippen LogP contribution in [0, 0.1) is 10.1 Å². The van der Waals surface area contributed by atoms with Gasteiger partial charge < -0.3 is 4.74 Å². The summed E-state index contributed by atoms with van der Waals surface area (Å²) in [4.78, 5) is 22.9. The molecule has 0 fully saturated rings. The van der Waals surface area contributed by atoms with E-state index in [1.165, 1.54) is 18.2 Å². The number of hydrogen-bond acceptors (Lipinski definition) is 5. The molecule has 0 atom stereocenters. The summed E-state index contributed by atoms with van der Waals surface area (Å²) >= 11 is 1.65. The highest BCUT2D eigenvalue weighted by molar-refractivity contribution is 7.98. The second-order valence-electron chi connectivity index (χ2n) is 4.64. The molecular formula is C17H15NO4S. The molecule has 0 aromatic heterocycles. The van der Waals surface area contributed by atoms with Crippen LogP contribution in [0.2, 0.25) is 0 Å². The fourth-order valence-corrected chi connectivity index (χ4v) is 2.20. The molecule has 0 bridgehead atoms. The van der Waals surface area contributed by atoms with E-state index in [9.17, 15) is 14.9 Å². The largest absolute Gasteiger partial charge is 0.458 e. The molecule has 0 amide bonds. The molecule has 0 unspecified atom stereocenters. The second-order valence-corrected chi connectivity index (χ2v) is 5.52. The summed E-state index contributed by atoms with van der Waals surface area (Å²) in [5, 5.41) is 10.6. The Balaban J connectivity index is 1.86. The van der Waals surface area contributed by atoms with Crippen LogP contribution in [0.5, 0.6) is 0 Å². The number of nitro benzene ring substituents is 1. The van der Waals surface area contributed by atoms with Gasteiger partial charge in [0.15, 0.2) is 0 Å². The van der Waals surface area contributed by atoms with Gasteiger partial charge >= 0.3 is 5.97 Å². The normalized spacial score (nSPS) is 10.7. The van der Waals surface area contributed by atoms with E-state index in [1.54, 1.807) is 30.0 Å². The van der Waals surface area contributed by atoms with Crippen LogP contribution >= 0.6 is 11.8 Å². The lowest BCUT2D eigenvalue weighted by Crippen LogP contribution is -2.00. The maximum atomic E-state index is 11.7. The van der Waals surface area contributed by atoms with Crippen molar-refractivity contribution in [2.45, 2.75) is 11.5 Å². The highest BCUT2D eigenvalue weighted by Crippen LogP contribution is 2.15. The van der Waals surface area contributed by atoms with Gasteiger partial charge in [-0.3, -0.25) is 10.1 Å². The molecule has 2 aromatic carbocycles. The molecule has 0 aliphatic heterocycles. The van der Waals surface area contributed by atoms with Crippen LogP contribution in [0.3, 0.4) is 0 Å². The third-order valence-electron chi connectivity index (χ3n) is 3.06. The smallest absolute Gasteiger partial charge is 0.331 e. The standard InChI is InChI=1S/C17H15NO4S/c1-23-16-9-4-14(5-10-16)12-22-17(19)11-6-13-2-7-15(8-3-13)18(20)21/h2-11H,12H2,1H3/b11-6+. The van der Waals surface area contributed by atoms with E-state index >= 15 is 0 Å². The topological polar surface area (TPSA) is 69.4 Å². The van der Waals surface area contributed by atoms with Gasteiger partial charge in [0.25, 0.3) is 5.69 Å². The lowest BCUT2D eigenvalue weighted by Gasteiger charge is -2.03. The lowest BCUT2D eigenvalue weighted by molar-refractivity contribution is -0.384. The van der Waals surface area contributed by atoms with Crippen molar-refractivity contribution in [1.82, 2.24) is 0 Å². The molecule has 0 spiro atoms. The first kappa shape index (κ1) is 16.8. The van der Waals surface area contributed by atoms with Crippen LogP contribution in [0.15, 0.2) is 59.5 Å². The highest BCUT2D eigenvalue weighted by Gasteiger charge is 2.03. The van der Waals surface area contributed by atoms with E-state index in [0.29, 0.717) is 5.56 Å². The summed E-state index contributed by atoms with van der Waals surface area (Å²) in [7, 11) is 0. The van der Waals surface area contributed by atoms with Crippen LogP contribution < -0.4 is 0 Å². The first-order valence-corrected chi connectivity index (χ1v) is 8.03. The Morgan fingerprint density at radius 1 is 1.17 bits per heavy atom. The van der Waals surface area contributed by atoms with Crippen molar-refractivity contribution in [3.8, 4) is 0 Å². The molecule has 5 nitrogen and oxygen atoms in total. The second kappa shape index (κ2) is 8.14. The van der Waals surface area contributed by atoms with Crippen molar-refractivity contribution >= 4 is 29.5 Å². The molecule has 2 aromatic rings. The molecular weight excluding hydrogens is 314 g/mol. The van der Waals surface area contributed by atoms with Crippen LogP contribution in [0.25, 0.3) is 6.08 Å². The zero-order valence-electron chi connectivity index (χ0n) is 12.5. The quantitative estimate of drug-likeness (QED) is 0.263. The number of non-ortho nitro benzene ring substituents is 1. The molecule has 0 heterocycles. The lowest BCUT2D eigenvalue weighted by atomic mass is 10.2. The maximum absolute atomic E-state index is 11.7. The first-order chi connectivity index (χ1) is 11.1. The minimum absolute atomic E-state index is 0.0124. The summed E-state index contributed by atoms with van der Waals surface area (Å²) in [5.41, 5.74) is 1.62. The Morgan fingerprint density at radius 3 is 2.39 bits per heavy atom. The average Bonchev–Trinajstić information content (AvgIpc) is 2.59. The number of ether oxygens (including phenoxy) is 1. The monoisotopic (exact) mass is 329 g/mol. The van der Waals surface area contributed by atoms with Crippen LogP contribution in [-0.4, -0.2) is 17.1 Å². The zero-order chi connectivity index (χ0) is 16.7. The van der Waals surface area contributed by atoms with Crippen molar-refractivity contribution in [2.24, 2.45) is 0 Å². The van der Waals surface area contributed by atoms with Crippen molar-refractivity contribution in [3.05, 3.63) is 75.8 Å². The summed E-state index contributed by atoms with van der Waals surface area (Å²) in [6, 6.07) is 13.7. The Morgan fingerprint density at radius 2 is 1.83 bits per heavy atom. The first-order valence-electron chi connectivity index (χ1n) is 6.81. The highest BCUT2D eigenvalue weighted by atomic mass is 32.2. The Bertz CT molecular complexity index is 708. The van der Waals surface area contributed by atoms with E-state index in [2.05, 4.69) is 0 Å². The van der Waals surface area contributed by atoms with Crippen LogP contribution in [0.4, 0.5) is 5.69 Å². The van der Waals surface area contributed by atoms with Gasteiger partial charge in [0, 0.05) is 23.1 Å². The number of benzene rings is 2. The van der Waals surface area contributed by atoms with Crippen molar-refractivity contribution in [1.29, 1.82) is 0 Å². The molecule has 2 rings (SSSR count). The number of carbonyl (C=O) groups is 1. The summed E-state index contributed by atoms with van der Waals surface area (Å²) in [5.74, 6) is -0.461. The molecule has 0 radical (unpaired) electrons. The van der Waals surface area contributed by atoms with Crippen molar-refractivity contribution in [3.63, 3.8) is 0 Å². The van der Waals surface area contributed by atoms with Crippen molar-refractivity contribution in [2.75, 3.05) is 6.26 Å². The Labute approximate surface area is 138 Å². The van der Waals surface area contributed by atoms with Crippen molar-refractivity contribution < 1.29 is 14.5 Å². The molecule has 23 heavy (non-hydrogen) atoms. The average molecular weight is 329 g/mol. The predicted octanol–water partition coefficient (Wildman–Crippen LogP) is 4.07. The molecule has 6 heteroatoms. The van der Waals surface area contributed by atoms with E-state index in [0.717, 1.165) is 10.5 Å². The fourth-order valence-electron chi connectivity index (χ4n) is 1.80. The molecule has 0 aliphatic carbocycles. The van der Waals surface area contributed by atoms with Gasteiger partial charge in [0.1, 0.15) is 6.61 Å². The number of hydrogen-bond donors (Lipinski definition) is 0. The molecule has 0 aliphatic rings. The minimum Gasteiger partial charge on any atom is -0.458 e. The fraction of sp³-hybridized carbons (Fsp3) is 0.118. The van der Waals surface area contributed by atoms with Gasteiger partial charge in [-0.25, -0.2) is 4.79 Å². The van der Waals surface area contributed by atoms with Gasteiger partial charge in [0.2, 0.25) is 0 Å². The van der Waals surface area contributed by atoms with Gasteiger partial charge in [0.05, 0.1) is 4.92 Å². The third kappa shape index (κ3) is 5.27. The summed E-state index contributed by atoms with van der Waals surface area (Å²) < 4.78 is 5.14. The van der Waals surface area contributed by atoms with E-state index in [1.807, 2.05) is 30.5 Å².